The van der Waals surface area contributed by atoms with Crippen molar-refractivity contribution < 1.29 is 36.6 Å². The van der Waals surface area contributed by atoms with Crippen LogP contribution in [0.5, 0.6) is 0 Å². The van der Waals surface area contributed by atoms with Crippen molar-refractivity contribution in [3.05, 3.63) is 24.0 Å². The van der Waals surface area contributed by atoms with Crippen LogP contribution in [0.4, 0.5) is 25.0 Å². The molecule has 2 aliphatic rings. The lowest BCUT2D eigenvalue weighted by Gasteiger charge is -2.35. The largest absolute Gasteiger partial charge is 0.440 e. The first-order valence-corrected chi connectivity index (χ1v) is 10.8. The van der Waals surface area contributed by atoms with Gasteiger partial charge in [0, 0.05) is 25.9 Å². The van der Waals surface area contributed by atoms with E-state index in [9.17, 15) is 31.9 Å². The molecule has 0 aromatic heterocycles. The molecule has 2 amide bonds. The number of piperazine rings is 1. The minimum Gasteiger partial charge on any atom is -0.440 e. The maximum Gasteiger partial charge on any atom is 0.414 e. The Hall–Kier alpha value is -2.47. The van der Waals surface area contributed by atoms with Crippen molar-refractivity contribution in [2.24, 2.45) is 0 Å². The van der Waals surface area contributed by atoms with Gasteiger partial charge in [-0.1, -0.05) is 0 Å². The molecule has 1 aromatic rings. The van der Waals surface area contributed by atoms with E-state index in [1.165, 1.54) is 21.9 Å². The van der Waals surface area contributed by atoms with Crippen LogP contribution in [0.25, 0.3) is 0 Å². The number of nitrogens with zero attached hydrogens (tertiary/aromatic N) is 3. The number of anilines is 2. The summed E-state index contributed by atoms with van der Waals surface area (Å²) in [4.78, 5) is 28.0. The van der Waals surface area contributed by atoms with Crippen LogP contribution in [-0.2, 0) is 19.4 Å². The zero-order valence-electron chi connectivity index (χ0n) is 15.6. The molecule has 2 fully saturated rings. The smallest absolute Gasteiger partial charge is 0.414 e. The molecule has 1 N–H and O–H groups in total. The summed E-state index contributed by atoms with van der Waals surface area (Å²) in [6, 6.07) is 3.91. The Balaban J connectivity index is 1.73. The molecule has 0 radical (unpaired) electrons. The molecule has 0 saturated carbocycles. The molecule has 0 aliphatic carbocycles. The van der Waals surface area contributed by atoms with Gasteiger partial charge < -0.3 is 19.6 Å². The zero-order valence-corrected chi connectivity index (χ0v) is 16.4. The molecule has 2 aliphatic heterocycles. The Bertz CT molecular complexity index is 912. The number of carbonyl (C=O) groups is 2. The highest BCUT2D eigenvalue weighted by atomic mass is 32.2. The first kappa shape index (κ1) is 21.2. The Morgan fingerprint density at radius 1 is 1.31 bits per heavy atom. The van der Waals surface area contributed by atoms with Gasteiger partial charge >= 0.3 is 6.09 Å². The zero-order chi connectivity index (χ0) is 21.3. The third kappa shape index (κ3) is 4.42. The van der Waals surface area contributed by atoms with Gasteiger partial charge in [0.1, 0.15) is 12.5 Å². The summed E-state index contributed by atoms with van der Waals surface area (Å²) in [6.07, 6.45) is -1.38. The summed E-state index contributed by atoms with van der Waals surface area (Å²) >= 11 is 0. The third-order valence-electron chi connectivity index (χ3n) is 4.85. The summed E-state index contributed by atoms with van der Waals surface area (Å²) in [5, 5.41) is 9.79. The van der Waals surface area contributed by atoms with E-state index in [1.807, 2.05) is 0 Å². The summed E-state index contributed by atoms with van der Waals surface area (Å²) in [5.41, 5.74) is -1.60. The maximum atomic E-state index is 14.7. The summed E-state index contributed by atoms with van der Waals surface area (Å²) < 4.78 is 54.9. The highest BCUT2D eigenvalue weighted by molar-refractivity contribution is 7.91. The fourth-order valence-corrected chi connectivity index (χ4v) is 3.99. The van der Waals surface area contributed by atoms with Crippen molar-refractivity contribution >= 4 is 33.2 Å². The molecule has 0 bridgehead atoms. The number of hydrogen-bond donors (Lipinski definition) is 1. The number of benzene rings is 1. The van der Waals surface area contributed by atoms with Crippen LogP contribution in [0.2, 0.25) is 0 Å². The lowest BCUT2D eigenvalue weighted by molar-refractivity contribution is -0.131. The van der Waals surface area contributed by atoms with Crippen molar-refractivity contribution in [2.75, 3.05) is 55.5 Å². The summed E-state index contributed by atoms with van der Waals surface area (Å²) in [5.74, 6) is -0.993. The quantitative estimate of drug-likeness (QED) is 0.680. The number of cyclic esters (lactones) is 1. The van der Waals surface area contributed by atoms with Crippen molar-refractivity contribution in [3.63, 3.8) is 0 Å². The second-order valence-electron chi connectivity index (χ2n) is 6.88. The number of amides is 2. The van der Waals surface area contributed by atoms with Crippen LogP contribution in [0.15, 0.2) is 18.2 Å². The molecule has 0 spiro atoms. The molecule has 9 nitrogen and oxygen atoms in total. The van der Waals surface area contributed by atoms with Gasteiger partial charge in [-0.05, 0) is 18.2 Å². The highest BCUT2D eigenvalue weighted by Gasteiger charge is 2.41. The summed E-state index contributed by atoms with van der Waals surface area (Å²) in [6.45, 7) is -0.387. The fraction of sp³-hybridized carbons (Fsp3) is 0.529. The number of halogens is 2. The molecule has 160 valence electrons. The predicted molar refractivity (Wildman–Crippen MR) is 99.6 cm³/mol. The number of sulfone groups is 1. The van der Waals surface area contributed by atoms with E-state index in [2.05, 4.69) is 0 Å². The van der Waals surface area contributed by atoms with E-state index in [0.717, 1.165) is 17.2 Å². The van der Waals surface area contributed by atoms with Gasteiger partial charge in [0.2, 0.25) is 5.91 Å². The number of rotatable bonds is 6. The van der Waals surface area contributed by atoms with Crippen LogP contribution in [0.1, 0.15) is 0 Å². The molecule has 2 atom stereocenters. The van der Waals surface area contributed by atoms with Crippen LogP contribution in [-0.4, -0.2) is 87.6 Å². The second-order valence-corrected chi connectivity index (χ2v) is 9.02. The molecule has 2 saturated heterocycles. The second kappa shape index (κ2) is 8.11. The SMILES string of the molecule is CS(=O)(=O)C(O)[C@H]1CN(c2ccc(N3CCN(CCF)C(=O)C3)c(F)c2)C(=O)O1. The van der Waals surface area contributed by atoms with E-state index in [1.54, 1.807) is 0 Å². The number of alkyl halides is 1. The van der Waals surface area contributed by atoms with E-state index in [4.69, 9.17) is 4.74 Å². The average molecular weight is 433 g/mol. The van der Waals surface area contributed by atoms with Crippen LogP contribution < -0.4 is 9.80 Å². The minimum atomic E-state index is -3.85. The van der Waals surface area contributed by atoms with Crippen molar-refractivity contribution in [1.29, 1.82) is 0 Å². The minimum absolute atomic E-state index is 0.00562. The normalized spacial score (nSPS) is 21.5. The summed E-state index contributed by atoms with van der Waals surface area (Å²) in [7, 11) is -3.85. The van der Waals surface area contributed by atoms with Crippen LogP contribution in [0.3, 0.4) is 0 Å². The maximum absolute atomic E-state index is 14.7. The number of ether oxygens (including phenoxy) is 1. The Morgan fingerprint density at radius 3 is 2.62 bits per heavy atom. The molecule has 2 heterocycles. The number of aliphatic hydroxyl groups excluding tert-OH is 1. The van der Waals surface area contributed by atoms with E-state index in [-0.39, 0.29) is 43.5 Å². The van der Waals surface area contributed by atoms with Gasteiger partial charge in [0.15, 0.2) is 21.4 Å². The third-order valence-corrected chi connectivity index (χ3v) is 6.03. The first-order chi connectivity index (χ1) is 13.6. The van der Waals surface area contributed by atoms with E-state index in [0.29, 0.717) is 6.54 Å². The van der Waals surface area contributed by atoms with Crippen molar-refractivity contribution in [1.82, 2.24) is 4.90 Å². The molecule has 29 heavy (non-hydrogen) atoms. The fourth-order valence-electron chi connectivity index (χ4n) is 3.29. The lowest BCUT2D eigenvalue weighted by Crippen LogP contribution is -2.51. The average Bonchev–Trinajstić information content (AvgIpc) is 3.03. The number of carbonyl (C=O) groups excluding carboxylic acids is 2. The standard InChI is InChI=1S/C17H21F2N3O6S/c1-29(26,27)16(24)14-9-22(17(25)28-14)11-2-3-13(12(19)8-11)21-7-6-20(5-4-18)15(23)10-21/h2-3,8,14,16,24H,4-7,9-10H2,1H3/t14-,16?/m1/s1. The van der Waals surface area contributed by atoms with E-state index >= 15 is 0 Å². The lowest BCUT2D eigenvalue weighted by atomic mass is 10.2. The Kier molecular flexibility index (Phi) is 5.94. The van der Waals surface area contributed by atoms with Gasteiger partial charge in [-0.3, -0.25) is 9.69 Å². The van der Waals surface area contributed by atoms with Gasteiger partial charge in [-0.2, -0.15) is 0 Å². The van der Waals surface area contributed by atoms with Gasteiger partial charge in [-0.25, -0.2) is 22.0 Å². The number of hydrogen-bond acceptors (Lipinski definition) is 7. The van der Waals surface area contributed by atoms with Gasteiger partial charge in [-0.15, -0.1) is 0 Å². The Morgan fingerprint density at radius 2 is 2.03 bits per heavy atom. The number of aliphatic hydroxyl groups is 1. The van der Waals surface area contributed by atoms with Crippen LogP contribution in [0, 0.1) is 5.82 Å². The van der Waals surface area contributed by atoms with Gasteiger partial charge in [0.25, 0.3) is 0 Å². The topological polar surface area (TPSA) is 107 Å². The van der Waals surface area contributed by atoms with Crippen molar-refractivity contribution in [2.45, 2.75) is 11.5 Å². The monoisotopic (exact) mass is 433 g/mol. The predicted octanol–water partition coefficient (Wildman–Crippen LogP) is 0.132. The van der Waals surface area contributed by atoms with E-state index < -0.39 is 40.0 Å². The Labute approximate surface area is 166 Å². The molecular formula is C17H21F2N3O6S. The molecule has 1 unspecified atom stereocenters. The molecule has 1 aromatic carbocycles. The van der Waals surface area contributed by atoms with Crippen molar-refractivity contribution in [3.8, 4) is 0 Å². The van der Waals surface area contributed by atoms with Crippen LogP contribution >= 0.6 is 0 Å². The molecule has 3 rings (SSSR count). The van der Waals surface area contributed by atoms with Gasteiger partial charge in [0.05, 0.1) is 24.5 Å². The first-order valence-electron chi connectivity index (χ1n) is 8.85. The molecule has 12 heteroatoms. The highest BCUT2D eigenvalue weighted by Crippen LogP contribution is 2.29. The molecular weight excluding hydrogens is 412 g/mol.